The lowest BCUT2D eigenvalue weighted by Crippen LogP contribution is -2.63. The van der Waals surface area contributed by atoms with Gasteiger partial charge >= 0.3 is 0 Å². The van der Waals surface area contributed by atoms with E-state index < -0.39 is 6.10 Å². The molecule has 4 aliphatic carbocycles. The maximum atomic E-state index is 14.2. The van der Waals surface area contributed by atoms with Gasteiger partial charge in [0.15, 0.2) is 0 Å². The Morgan fingerprint density at radius 3 is 2.68 bits per heavy atom. The SMILES string of the molecule is NC(=O)C12CC3CC(C1)C(NC(=O)C1CN(Cc4ccc(Br)cc4F)CCO1)C(C3)C2. The third-order valence-corrected chi connectivity index (χ3v) is 8.45. The summed E-state index contributed by atoms with van der Waals surface area (Å²) in [5.74, 6) is 0.687. The maximum absolute atomic E-state index is 14.2. The Morgan fingerprint density at radius 2 is 2.00 bits per heavy atom. The molecule has 3 N–H and O–H groups in total. The number of amides is 2. The van der Waals surface area contributed by atoms with Crippen LogP contribution in [0.15, 0.2) is 22.7 Å². The molecule has 2 amide bonds. The first-order chi connectivity index (χ1) is 14.8. The topological polar surface area (TPSA) is 84.7 Å². The maximum Gasteiger partial charge on any atom is 0.250 e. The molecule has 1 saturated heterocycles. The lowest BCUT2D eigenvalue weighted by atomic mass is 9.47. The van der Waals surface area contributed by atoms with Crippen molar-refractivity contribution in [3.63, 3.8) is 0 Å². The number of nitrogens with two attached hydrogens (primary N) is 1. The lowest BCUT2D eigenvalue weighted by molar-refractivity contribution is -0.151. The average Bonchev–Trinajstić information content (AvgIpc) is 2.72. The molecule has 3 unspecified atom stereocenters. The summed E-state index contributed by atoms with van der Waals surface area (Å²) in [7, 11) is 0. The molecule has 0 radical (unpaired) electrons. The molecule has 0 spiro atoms. The number of hydrogen-bond donors (Lipinski definition) is 2. The highest BCUT2D eigenvalue weighted by Crippen LogP contribution is 2.59. The third kappa shape index (κ3) is 4.02. The van der Waals surface area contributed by atoms with Gasteiger partial charge in [0.05, 0.1) is 6.61 Å². The molecule has 3 atom stereocenters. The Labute approximate surface area is 190 Å². The summed E-state index contributed by atoms with van der Waals surface area (Å²) >= 11 is 3.28. The van der Waals surface area contributed by atoms with Crippen molar-refractivity contribution < 1.29 is 18.7 Å². The van der Waals surface area contributed by atoms with Crippen LogP contribution in [0.2, 0.25) is 0 Å². The van der Waals surface area contributed by atoms with Crippen LogP contribution in [0.3, 0.4) is 0 Å². The van der Waals surface area contributed by atoms with Gasteiger partial charge in [-0.15, -0.1) is 0 Å². The van der Waals surface area contributed by atoms with Gasteiger partial charge in [0.25, 0.3) is 5.91 Å². The van der Waals surface area contributed by atoms with Crippen LogP contribution < -0.4 is 11.1 Å². The van der Waals surface area contributed by atoms with E-state index in [1.54, 1.807) is 6.07 Å². The number of nitrogens with one attached hydrogen (secondary N) is 1. The van der Waals surface area contributed by atoms with E-state index in [0.29, 0.717) is 54.0 Å². The predicted molar refractivity (Wildman–Crippen MR) is 116 cm³/mol. The molecule has 1 aliphatic heterocycles. The van der Waals surface area contributed by atoms with E-state index in [4.69, 9.17) is 10.5 Å². The Balaban J connectivity index is 1.21. The van der Waals surface area contributed by atoms with Crippen molar-refractivity contribution >= 4 is 27.7 Å². The number of benzene rings is 1. The smallest absolute Gasteiger partial charge is 0.250 e. The van der Waals surface area contributed by atoms with Gasteiger partial charge in [-0.25, -0.2) is 4.39 Å². The molecule has 4 saturated carbocycles. The largest absolute Gasteiger partial charge is 0.369 e. The minimum atomic E-state index is -0.561. The zero-order valence-electron chi connectivity index (χ0n) is 17.5. The molecule has 168 valence electrons. The number of ether oxygens (including phenoxy) is 1. The molecule has 1 heterocycles. The molecular weight excluding hydrogens is 465 g/mol. The Hall–Kier alpha value is -1.51. The van der Waals surface area contributed by atoms with Gasteiger partial charge in [-0.2, -0.15) is 0 Å². The van der Waals surface area contributed by atoms with Crippen molar-refractivity contribution in [2.24, 2.45) is 28.9 Å². The predicted octanol–water partition coefficient (Wildman–Crippen LogP) is 2.59. The van der Waals surface area contributed by atoms with Gasteiger partial charge in [0.1, 0.15) is 11.9 Å². The van der Waals surface area contributed by atoms with Crippen LogP contribution in [0.1, 0.15) is 37.7 Å². The van der Waals surface area contributed by atoms with Gasteiger partial charge < -0.3 is 15.8 Å². The van der Waals surface area contributed by atoms with Crippen molar-refractivity contribution in [3.05, 3.63) is 34.1 Å². The summed E-state index contributed by atoms with van der Waals surface area (Å²) < 4.78 is 20.7. The van der Waals surface area contributed by atoms with Crippen molar-refractivity contribution in [1.29, 1.82) is 0 Å². The minimum absolute atomic E-state index is 0.0911. The number of morpholine rings is 1. The molecule has 5 aliphatic rings. The number of primary amides is 1. The summed E-state index contributed by atoms with van der Waals surface area (Å²) in [6.07, 6.45) is 4.08. The summed E-state index contributed by atoms with van der Waals surface area (Å²) in [5.41, 5.74) is 6.03. The molecule has 8 heteroatoms. The Kier molecular flexibility index (Phi) is 5.59. The first-order valence-corrected chi connectivity index (χ1v) is 12.0. The zero-order chi connectivity index (χ0) is 21.8. The molecule has 4 bridgehead atoms. The van der Waals surface area contributed by atoms with E-state index in [2.05, 4.69) is 26.1 Å². The second-order valence-electron chi connectivity index (χ2n) is 9.98. The number of nitrogens with zero attached hydrogens (tertiary/aromatic N) is 1. The number of carbonyl (C=O) groups is 2. The summed E-state index contributed by atoms with van der Waals surface area (Å²) in [5, 5.41) is 3.27. The first-order valence-electron chi connectivity index (χ1n) is 11.2. The fraction of sp³-hybridized carbons (Fsp3) is 0.652. The Bertz CT molecular complexity index is 881. The fourth-order valence-electron chi connectivity index (χ4n) is 6.71. The average molecular weight is 494 g/mol. The van der Waals surface area contributed by atoms with Crippen molar-refractivity contribution in [1.82, 2.24) is 10.2 Å². The molecule has 1 aromatic rings. The zero-order valence-corrected chi connectivity index (χ0v) is 19.1. The molecule has 31 heavy (non-hydrogen) atoms. The minimum Gasteiger partial charge on any atom is -0.369 e. The van der Waals surface area contributed by atoms with Gasteiger partial charge in [-0.1, -0.05) is 22.0 Å². The van der Waals surface area contributed by atoms with E-state index in [1.807, 2.05) is 6.07 Å². The van der Waals surface area contributed by atoms with Gasteiger partial charge in [0.2, 0.25) is 5.91 Å². The molecule has 6 nitrogen and oxygen atoms in total. The second kappa shape index (κ2) is 8.12. The number of carbonyl (C=O) groups excluding carboxylic acids is 2. The van der Waals surface area contributed by atoms with Crippen LogP contribution in [-0.2, 0) is 20.9 Å². The van der Waals surface area contributed by atoms with E-state index in [-0.39, 0.29) is 29.1 Å². The highest BCUT2D eigenvalue weighted by atomic mass is 79.9. The quantitative estimate of drug-likeness (QED) is 0.659. The molecule has 1 aromatic carbocycles. The number of halogens is 2. The van der Waals surface area contributed by atoms with Gasteiger partial charge in [0, 0.05) is 41.1 Å². The summed E-state index contributed by atoms with van der Waals surface area (Å²) in [6.45, 7) is 2.00. The summed E-state index contributed by atoms with van der Waals surface area (Å²) in [4.78, 5) is 27.3. The summed E-state index contributed by atoms with van der Waals surface area (Å²) in [6, 6.07) is 5.16. The van der Waals surface area contributed by atoms with Gasteiger partial charge in [-0.05, 0) is 62.0 Å². The van der Waals surface area contributed by atoms with E-state index >= 15 is 0 Å². The van der Waals surface area contributed by atoms with Crippen molar-refractivity contribution in [2.75, 3.05) is 19.7 Å². The van der Waals surface area contributed by atoms with Crippen LogP contribution in [0.5, 0.6) is 0 Å². The van der Waals surface area contributed by atoms with E-state index in [1.165, 1.54) is 6.07 Å². The normalized spacial score (nSPS) is 37.0. The molecular formula is C23H29BrFN3O3. The van der Waals surface area contributed by atoms with Crippen molar-refractivity contribution in [3.8, 4) is 0 Å². The van der Waals surface area contributed by atoms with Crippen LogP contribution in [0.4, 0.5) is 4.39 Å². The van der Waals surface area contributed by atoms with Crippen molar-refractivity contribution in [2.45, 2.75) is 50.8 Å². The highest BCUT2D eigenvalue weighted by Gasteiger charge is 2.58. The lowest BCUT2D eigenvalue weighted by Gasteiger charge is -2.59. The monoisotopic (exact) mass is 493 g/mol. The highest BCUT2D eigenvalue weighted by molar-refractivity contribution is 9.10. The molecule has 0 aromatic heterocycles. The molecule has 5 fully saturated rings. The fourth-order valence-corrected chi connectivity index (χ4v) is 7.05. The Morgan fingerprint density at radius 1 is 1.26 bits per heavy atom. The van der Waals surface area contributed by atoms with E-state index in [0.717, 1.165) is 32.1 Å². The first kappa shape index (κ1) is 21.3. The van der Waals surface area contributed by atoms with E-state index in [9.17, 15) is 14.0 Å². The van der Waals surface area contributed by atoms with Crippen LogP contribution in [-0.4, -0.2) is 48.6 Å². The van der Waals surface area contributed by atoms with Gasteiger partial charge in [-0.3, -0.25) is 14.5 Å². The number of hydrogen-bond acceptors (Lipinski definition) is 4. The van der Waals surface area contributed by atoms with Crippen LogP contribution in [0, 0.1) is 29.0 Å². The van der Waals surface area contributed by atoms with Crippen LogP contribution in [0.25, 0.3) is 0 Å². The number of rotatable bonds is 5. The van der Waals surface area contributed by atoms with Crippen LogP contribution >= 0.6 is 15.9 Å². The third-order valence-electron chi connectivity index (χ3n) is 7.96. The standard InChI is InChI=1S/C23H29BrFN3O3/c24-17-2-1-14(18(25)7-17)11-28-3-4-31-19(12-28)21(29)27-20-15-5-13-6-16(20)10-23(8-13,9-15)22(26)30/h1-2,7,13,15-16,19-20H,3-6,8-12H2,(H2,26,30)(H,27,29). The molecule has 6 rings (SSSR count). The second-order valence-corrected chi connectivity index (χ2v) is 10.9.